The number of nitrogens with zero attached hydrogens (tertiary/aromatic N) is 4. The highest BCUT2D eigenvalue weighted by atomic mass is 35.5. The molecule has 84 valence electrons. The van der Waals surface area contributed by atoms with Crippen LogP contribution in [0.1, 0.15) is 6.92 Å². The molecule has 0 bridgehead atoms. The molecule has 2 rings (SSSR count). The summed E-state index contributed by atoms with van der Waals surface area (Å²) >= 11 is 5.92. The lowest BCUT2D eigenvalue weighted by Crippen LogP contribution is -2.47. The van der Waals surface area contributed by atoms with E-state index in [1.807, 2.05) is 11.6 Å². The highest BCUT2D eigenvalue weighted by Crippen LogP contribution is 2.18. The summed E-state index contributed by atoms with van der Waals surface area (Å²) in [6.45, 7) is 5.14. The van der Waals surface area contributed by atoms with Crippen molar-refractivity contribution in [2.45, 2.75) is 19.5 Å². The minimum absolute atomic E-state index is 0.226. The van der Waals surface area contributed by atoms with Gasteiger partial charge in [-0.3, -0.25) is 0 Å². The summed E-state index contributed by atoms with van der Waals surface area (Å²) in [7, 11) is 0. The minimum Gasteiger partial charge on any atom is -0.377 e. The van der Waals surface area contributed by atoms with Gasteiger partial charge in [0.2, 0.25) is 0 Å². The van der Waals surface area contributed by atoms with E-state index in [1.54, 1.807) is 6.20 Å². The molecule has 1 aliphatic rings. The maximum Gasteiger partial charge on any atom is 0.147 e. The SMILES string of the molecule is CCn1nncc1N1CCOCC1CCl. The summed E-state index contributed by atoms with van der Waals surface area (Å²) in [5.41, 5.74) is 0. The molecular formula is C9H15ClN4O. The molecule has 15 heavy (non-hydrogen) atoms. The third kappa shape index (κ3) is 2.08. The molecule has 6 heteroatoms. The van der Waals surface area contributed by atoms with Gasteiger partial charge in [-0.1, -0.05) is 5.21 Å². The average Bonchev–Trinajstić information content (AvgIpc) is 2.76. The van der Waals surface area contributed by atoms with Crippen molar-refractivity contribution in [2.24, 2.45) is 0 Å². The van der Waals surface area contributed by atoms with Crippen LogP contribution in [0.25, 0.3) is 0 Å². The van der Waals surface area contributed by atoms with Crippen LogP contribution in [0.15, 0.2) is 6.20 Å². The Morgan fingerprint density at radius 3 is 3.27 bits per heavy atom. The number of aromatic nitrogens is 3. The lowest BCUT2D eigenvalue weighted by Gasteiger charge is -2.35. The van der Waals surface area contributed by atoms with Gasteiger partial charge in [0.1, 0.15) is 5.82 Å². The first-order valence-electron chi connectivity index (χ1n) is 5.15. The quantitative estimate of drug-likeness (QED) is 0.719. The van der Waals surface area contributed by atoms with Crippen molar-refractivity contribution in [3.63, 3.8) is 0 Å². The van der Waals surface area contributed by atoms with E-state index in [-0.39, 0.29) is 6.04 Å². The molecule has 1 aliphatic heterocycles. The molecule has 0 amide bonds. The molecule has 0 aromatic carbocycles. The number of hydrogen-bond acceptors (Lipinski definition) is 4. The van der Waals surface area contributed by atoms with E-state index in [4.69, 9.17) is 16.3 Å². The predicted molar refractivity (Wildman–Crippen MR) is 58.4 cm³/mol. The summed E-state index contributed by atoms with van der Waals surface area (Å²) < 4.78 is 7.28. The zero-order chi connectivity index (χ0) is 10.7. The van der Waals surface area contributed by atoms with E-state index in [0.717, 1.165) is 25.5 Å². The molecule has 0 saturated carbocycles. The van der Waals surface area contributed by atoms with Crippen molar-refractivity contribution in [1.29, 1.82) is 0 Å². The number of alkyl halides is 1. The second-order valence-electron chi connectivity index (χ2n) is 3.48. The summed E-state index contributed by atoms with van der Waals surface area (Å²) in [4.78, 5) is 2.22. The molecular weight excluding hydrogens is 216 g/mol. The fourth-order valence-corrected chi connectivity index (χ4v) is 2.04. The second kappa shape index (κ2) is 4.81. The van der Waals surface area contributed by atoms with Crippen molar-refractivity contribution in [1.82, 2.24) is 15.0 Å². The highest BCUT2D eigenvalue weighted by molar-refractivity contribution is 6.18. The number of halogens is 1. The molecule has 1 unspecified atom stereocenters. The number of morpholine rings is 1. The van der Waals surface area contributed by atoms with Crippen LogP contribution in [0.2, 0.25) is 0 Å². The molecule has 1 saturated heterocycles. The van der Waals surface area contributed by atoms with Gasteiger partial charge in [-0.2, -0.15) is 0 Å². The zero-order valence-electron chi connectivity index (χ0n) is 8.77. The Morgan fingerprint density at radius 1 is 1.67 bits per heavy atom. The normalized spacial score (nSPS) is 22.0. The number of anilines is 1. The smallest absolute Gasteiger partial charge is 0.147 e. The number of rotatable bonds is 3. The van der Waals surface area contributed by atoms with Crippen LogP contribution in [0.4, 0.5) is 5.82 Å². The first-order valence-corrected chi connectivity index (χ1v) is 5.69. The average molecular weight is 231 g/mol. The fourth-order valence-electron chi connectivity index (χ4n) is 1.78. The second-order valence-corrected chi connectivity index (χ2v) is 3.79. The van der Waals surface area contributed by atoms with Gasteiger partial charge in [-0.15, -0.1) is 16.7 Å². The van der Waals surface area contributed by atoms with Gasteiger partial charge in [-0.25, -0.2) is 4.68 Å². The van der Waals surface area contributed by atoms with E-state index in [1.165, 1.54) is 0 Å². The fraction of sp³-hybridized carbons (Fsp3) is 0.778. The molecule has 1 atom stereocenters. The summed E-state index contributed by atoms with van der Waals surface area (Å²) in [6, 6.07) is 0.226. The maximum atomic E-state index is 5.92. The molecule has 2 heterocycles. The van der Waals surface area contributed by atoms with Crippen molar-refractivity contribution in [3.8, 4) is 0 Å². The van der Waals surface area contributed by atoms with Crippen molar-refractivity contribution in [2.75, 3.05) is 30.5 Å². The minimum atomic E-state index is 0.226. The largest absolute Gasteiger partial charge is 0.377 e. The Hall–Kier alpha value is -0.810. The maximum absolute atomic E-state index is 5.92. The lowest BCUT2D eigenvalue weighted by atomic mass is 10.2. The van der Waals surface area contributed by atoms with Crippen LogP contribution in [-0.2, 0) is 11.3 Å². The van der Waals surface area contributed by atoms with Gasteiger partial charge in [0.15, 0.2) is 0 Å². The Balaban J connectivity index is 2.20. The Kier molecular flexibility index (Phi) is 3.43. The topological polar surface area (TPSA) is 43.2 Å². The molecule has 1 aromatic heterocycles. The number of hydrogen-bond donors (Lipinski definition) is 0. The Morgan fingerprint density at radius 2 is 2.53 bits per heavy atom. The van der Waals surface area contributed by atoms with Crippen LogP contribution < -0.4 is 4.90 Å². The standard InChI is InChI=1S/C9H15ClN4O/c1-2-14-9(6-11-12-14)13-3-4-15-7-8(13)5-10/h6,8H,2-5,7H2,1H3. The van der Waals surface area contributed by atoms with Crippen LogP contribution in [-0.4, -0.2) is 46.7 Å². The third-order valence-electron chi connectivity index (χ3n) is 2.60. The zero-order valence-corrected chi connectivity index (χ0v) is 9.52. The molecule has 5 nitrogen and oxygen atoms in total. The van der Waals surface area contributed by atoms with Gasteiger partial charge >= 0.3 is 0 Å². The van der Waals surface area contributed by atoms with Crippen LogP contribution in [0.3, 0.4) is 0 Å². The van der Waals surface area contributed by atoms with E-state index in [0.29, 0.717) is 12.5 Å². The van der Waals surface area contributed by atoms with E-state index < -0.39 is 0 Å². The predicted octanol–water partition coefficient (Wildman–Crippen LogP) is 0.742. The summed E-state index contributed by atoms with van der Waals surface area (Å²) in [6.07, 6.45) is 1.79. The molecule has 0 N–H and O–H groups in total. The van der Waals surface area contributed by atoms with Crippen molar-refractivity contribution >= 4 is 17.4 Å². The molecule has 0 aliphatic carbocycles. The number of ether oxygens (including phenoxy) is 1. The van der Waals surface area contributed by atoms with Gasteiger partial charge in [0.25, 0.3) is 0 Å². The Labute approximate surface area is 94.0 Å². The van der Waals surface area contributed by atoms with Gasteiger partial charge in [-0.05, 0) is 6.92 Å². The van der Waals surface area contributed by atoms with Crippen molar-refractivity contribution < 1.29 is 4.74 Å². The monoisotopic (exact) mass is 230 g/mol. The molecule has 1 fully saturated rings. The Bertz CT molecular complexity index is 317. The van der Waals surface area contributed by atoms with Crippen LogP contribution >= 0.6 is 11.6 Å². The van der Waals surface area contributed by atoms with Gasteiger partial charge in [0, 0.05) is 19.0 Å². The lowest BCUT2D eigenvalue weighted by molar-refractivity contribution is 0.0989. The molecule has 0 spiro atoms. The first kappa shape index (κ1) is 10.7. The number of aryl methyl sites for hydroxylation is 1. The van der Waals surface area contributed by atoms with E-state index in [2.05, 4.69) is 15.2 Å². The van der Waals surface area contributed by atoms with E-state index in [9.17, 15) is 0 Å². The third-order valence-corrected chi connectivity index (χ3v) is 2.95. The van der Waals surface area contributed by atoms with Crippen LogP contribution in [0, 0.1) is 0 Å². The highest BCUT2D eigenvalue weighted by Gasteiger charge is 2.24. The molecule has 1 aromatic rings. The summed E-state index contributed by atoms with van der Waals surface area (Å²) in [5, 5.41) is 7.94. The van der Waals surface area contributed by atoms with Crippen LogP contribution in [0.5, 0.6) is 0 Å². The first-order chi connectivity index (χ1) is 7.36. The summed E-state index contributed by atoms with van der Waals surface area (Å²) in [5.74, 6) is 1.60. The van der Waals surface area contributed by atoms with Gasteiger partial charge < -0.3 is 9.64 Å². The van der Waals surface area contributed by atoms with Crippen molar-refractivity contribution in [3.05, 3.63) is 6.20 Å². The van der Waals surface area contributed by atoms with E-state index >= 15 is 0 Å². The molecule has 0 radical (unpaired) electrons. The van der Waals surface area contributed by atoms with Gasteiger partial charge in [0.05, 0.1) is 25.5 Å².